The number of carbonyl (C=O) groups excluding carboxylic acids is 1. The molecule has 1 amide bonds. The summed E-state index contributed by atoms with van der Waals surface area (Å²) < 4.78 is 5.42. The van der Waals surface area contributed by atoms with Crippen molar-refractivity contribution in [1.29, 1.82) is 0 Å². The summed E-state index contributed by atoms with van der Waals surface area (Å²) in [6.45, 7) is 2.70. The van der Waals surface area contributed by atoms with Gasteiger partial charge in [-0.1, -0.05) is 30.3 Å². The van der Waals surface area contributed by atoms with Gasteiger partial charge in [-0.25, -0.2) is 0 Å². The van der Waals surface area contributed by atoms with E-state index < -0.39 is 6.10 Å². The fraction of sp³-hybridized carbons (Fsp3) is 0.562. The minimum Gasteiger partial charge on any atom is -0.367 e. The van der Waals surface area contributed by atoms with Crippen LogP contribution in [0.1, 0.15) is 24.5 Å². The Bertz CT molecular complexity index is 414. The number of likely N-dealkylation sites (tertiary alicyclic amines) is 1. The Hall–Kier alpha value is -1.39. The molecule has 2 rings (SSSR count). The molecule has 1 N–H and O–H groups in total. The molecule has 1 unspecified atom stereocenters. The average Bonchev–Trinajstić information content (AvgIpc) is 2.50. The Balaban J connectivity index is 1.97. The van der Waals surface area contributed by atoms with Gasteiger partial charge in [0, 0.05) is 20.2 Å². The van der Waals surface area contributed by atoms with Crippen molar-refractivity contribution in [3.05, 3.63) is 35.9 Å². The summed E-state index contributed by atoms with van der Waals surface area (Å²) >= 11 is 0. The Kier molecular flexibility index (Phi) is 5.56. The molecule has 1 aromatic carbocycles. The monoisotopic (exact) mass is 276 g/mol. The van der Waals surface area contributed by atoms with Gasteiger partial charge in [0.1, 0.15) is 0 Å². The van der Waals surface area contributed by atoms with E-state index in [4.69, 9.17) is 4.74 Å². The number of amides is 1. The Morgan fingerprint density at radius 1 is 1.35 bits per heavy atom. The lowest BCUT2D eigenvalue weighted by Gasteiger charge is -2.34. The van der Waals surface area contributed by atoms with Crippen LogP contribution in [0.3, 0.4) is 0 Å². The standard InChI is InChI=1S/C16H24N2O2/c1-17-12-13-8-10-18(11-9-13)16(19)15(20-2)14-6-4-3-5-7-14/h3-7,13,15,17H,8-12H2,1-2H3. The summed E-state index contributed by atoms with van der Waals surface area (Å²) in [5, 5.41) is 3.21. The molecule has 1 heterocycles. The highest BCUT2D eigenvalue weighted by Gasteiger charge is 2.28. The molecule has 4 heteroatoms. The number of hydrogen-bond donors (Lipinski definition) is 1. The third-order valence-corrected chi connectivity index (χ3v) is 3.98. The van der Waals surface area contributed by atoms with Crippen molar-refractivity contribution >= 4 is 5.91 Å². The first-order chi connectivity index (χ1) is 9.76. The summed E-state index contributed by atoms with van der Waals surface area (Å²) in [5.74, 6) is 0.767. The van der Waals surface area contributed by atoms with Gasteiger partial charge < -0.3 is 15.0 Å². The van der Waals surface area contributed by atoms with Crippen LogP contribution in [0.4, 0.5) is 0 Å². The minimum atomic E-state index is -0.475. The van der Waals surface area contributed by atoms with Gasteiger partial charge in [0.25, 0.3) is 5.91 Å². The third kappa shape index (κ3) is 3.58. The predicted octanol–water partition coefficient (Wildman–Crippen LogP) is 1.83. The van der Waals surface area contributed by atoms with Crippen molar-refractivity contribution in [3.8, 4) is 0 Å². The van der Waals surface area contributed by atoms with E-state index in [1.807, 2.05) is 42.3 Å². The van der Waals surface area contributed by atoms with E-state index >= 15 is 0 Å². The largest absolute Gasteiger partial charge is 0.367 e. The molecule has 1 saturated heterocycles. The van der Waals surface area contributed by atoms with Crippen LogP contribution in [0.5, 0.6) is 0 Å². The second-order valence-electron chi connectivity index (χ2n) is 5.35. The van der Waals surface area contributed by atoms with E-state index in [0.29, 0.717) is 5.92 Å². The maximum absolute atomic E-state index is 12.6. The van der Waals surface area contributed by atoms with Crippen LogP contribution in [0, 0.1) is 5.92 Å². The van der Waals surface area contributed by atoms with E-state index in [1.54, 1.807) is 7.11 Å². The van der Waals surface area contributed by atoms with Crippen LogP contribution in [0.15, 0.2) is 30.3 Å². The summed E-state index contributed by atoms with van der Waals surface area (Å²) in [4.78, 5) is 14.5. The molecule has 0 aromatic heterocycles. The number of methoxy groups -OCH3 is 1. The van der Waals surface area contributed by atoms with Crippen molar-refractivity contribution < 1.29 is 9.53 Å². The van der Waals surface area contributed by atoms with Gasteiger partial charge >= 0.3 is 0 Å². The molecule has 0 spiro atoms. The first-order valence-electron chi connectivity index (χ1n) is 7.27. The highest BCUT2D eigenvalue weighted by molar-refractivity contribution is 5.82. The van der Waals surface area contributed by atoms with Crippen molar-refractivity contribution in [2.24, 2.45) is 5.92 Å². The summed E-state index contributed by atoms with van der Waals surface area (Å²) in [5.41, 5.74) is 0.928. The molecular weight excluding hydrogens is 252 g/mol. The fourth-order valence-corrected chi connectivity index (χ4v) is 2.82. The predicted molar refractivity (Wildman–Crippen MR) is 79.4 cm³/mol. The van der Waals surface area contributed by atoms with Crippen LogP contribution in [-0.4, -0.2) is 44.6 Å². The van der Waals surface area contributed by atoms with Crippen molar-refractivity contribution in [2.75, 3.05) is 33.8 Å². The van der Waals surface area contributed by atoms with Crippen LogP contribution in [0.2, 0.25) is 0 Å². The van der Waals surface area contributed by atoms with E-state index in [9.17, 15) is 4.79 Å². The fourth-order valence-electron chi connectivity index (χ4n) is 2.82. The lowest BCUT2D eigenvalue weighted by atomic mass is 9.96. The lowest BCUT2D eigenvalue weighted by Crippen LogP contribution is -2.43. The zero-order valence-electron chi connectivity index (χ0n) is 12.3. The molecule has 0 radical (unpaired) electrons. The van der Waals surface area contributed by atoms with Crippen molar-refractivity contribution in [2.45, 2.75) is 18.9 Å². The van der Waals surface area contributed by atoms with Gasteiger partial charge in [-0.3, -0.25) is 4.79 Å². The van der Waals surface area contributed by atoms with Crippen molar-refractivity contribution in [3.63, 3.8) is 0 Å². The molecule has 110 valence electrons. The summed E-state index contributed by atoms with van der Waals surface area (Å²) in [6.07, 6.45) is 1.66. The number of carbonyl (C=O) groups is 1. The number of nitrogens with zero attached hydrogens (tertiary/aromatic N) is 1. The first-order valence-corrected chi connectivity index (χ1v) is 7.27. The second kappa shape index (κ2) is 7.41. The highest BCUT2D eigenvalue weighted by atomic mass is 16.5. The summed E-state index contributed by atoms with van der Waals surface area (Å²) in [7, 11) is 3.58. The molecule has 1 aliphatic rings. The maximum atomic E-state index is 12.6. The molecule has 1 aliphatic heterocycles. The number of ether oxygens (including phenoxy) is 1. The zero-order chi connectivity index (χ0) is 14.4. The van der Waals surface area contributed by atoms with Crippen LogP contribution >= 0.6 is 0 Å². The van der Waals surface area contributed by atoms with E-state index in [0.717, 1.165) is 38.0 Å². The number of nitrogens with one attached hydrogen (secondary N) is 1. The Morgan fingerprint density at radius 3 is 2.55 bits per heavy atom. The normalized spacial score (nSPS) is 18.0. The van der Waals surface area contributed by atoms with Crippen LogP contribution < -0.4 is 5.32 Å². The van der Waals surface area contributed by atoms with E-state index in [1.165, 1.54) is 0 Å². The second-order valence-corrected chi connectivity index (χ2v) is 5.35. The smallest absolute Gasteiger partial charge is 0.256 e. The number of rotatable bonds is 5. The molecule has 1 aromatic rings. The molecule has 0 aliphatic carbocycles. The quantitative estimate of drug-likeness (QED) is 0.892. The molecule has 4 nitrogen and oxygen atoms in total. The van der Waals surface area contributed by atoms with E-state index in [2.05, 4.69) is 5.32 Å². The van der Waals surface area contributed by atoms with Gasteiger partial charge in [-0.15, -0.1) is 0 Å². The Labute approximate surface area is 121 Å². The zero-order valence-corrected chi connectivity index (χ0v) is 12.3. The molecule has 0 saturated carbocycles. The van der Waals surface area contributed by atoms with Crippen molar-refractivity contribution in [1.82, 2.24) is 10.2 Å². The lowest BCUT2D eigenvalue weighted by molar-refractivity contribution is -0.143. The molecule has 1 fully saturated rings. The maximum Gasteiger partial charge on any atom is 0.256 e. The minimum absolute atomic E-state index is 0.0848. The molecular formula is C16H24N2O2. The van der Waals surface area contributed by atoms with E-state index in [-0.39, 0.29) is 5.91 Å². The highest BCUT2D eigenvalue weighted by Crippen LogP contribution is 2.23. The van der Waals surface area contributed by atoms with Gasteiger partial charge in [0.2, 0.25) is 0 Å². The van der Waals surface area contributed by atoms with Gasteiger partial charge in [-0.05, 0) is 37.9 Å². The SMILES string of the molecule is CNCC1CCN(C(=O)C(OC)c2ccccc2)CC1. The molecule has 1 atom stereocenters. The number of piperidine rings is 1. The first kappa shape index (κ1) is 15.0. The Morgan fingerprint density at radius 2 is 2.00 bits per heavy atom. The van der Waals surface area contributed by atoms with Crippen LogP contribution in [0.25, 0.3) is 0 Å². The third-order valence-electron chi connectivity index (χ3n) is 3.98. The molecule has 20 heavy (non-hydrogen) atoms. The van der Waals surface area contributed by atoms with Gasteiger partial charge in [0.15, 0.2) is 6.10 Å². The molecule has 0 bridgehead atoms. The average molecular weight is 276 g/mol. The number of hydrogen-bond acceptors (Lipinski definition) is 3. The van der Waals surface area contributed by atoms with Gasteiger partial charge in [0.05, 0.1) is 0 Å². The summed E-state index contributed by atoms with van der Waals surface area (Å²) in [6, 6.07) is 9.71. The topological polar surface area (TPSA) is 41.6 Å². The number of benzene rings is 1. The van der Waals surface area contributed by atoms with Gasteiger partial charge in [-0.2, -0.15) is 0 Å². The van der Waals surface area contributed by atoms with Crippen LogP contribution in [-0.2, 0) is 9.53 Å².